The number of hydrogen-bond acceptors (Lipinski definition) is 4. The van der Waals surface area contributed by atoms with E-state index in [1.165, 1.54) is 11.1 Å². The molecule has 3 heterocycles. The summed E-state index contributed by atoms with van der Waals surface area (Å²) in [6, 6.07) is 10.1. The van der Waals surface area contributed by atoms with Gasteiger partial charge in [0.1, 0.15) is 12.0 Å². The van der Waals surface area contributed by atoms with Crippen molar-refractivity contribution in [3.8, 4) is 0 Å². The molecule has 28 heavy (non-hydrogen) atoms. The van der Waals surface area contributed by atoms with Crippen LogP contribution in [0.1, 0.15) is 16.8 Å². The lowest BCUT2D eigenvalue weighted by molar-refractivity contribution is -0.149. The third-order valence-electron chi connectivity index (χ3n) is 6.33. The molecular weight excluding hydrogens is 356 g/mol. The predicted molar refractivity (Wildman–Crippen MR) is 104 cm³/mol. The third-order valence-corrected chi connectivity index (χ3v) is 6.33. The average Bonchev–Trinajstić information content (AvgIpc) is 3.30. The summed E-state index contributed by atoms with van der Waals surface area (Å²) in [6.45, 7) is 6.84. The lowest BCUT2D eigenvalue weighted by Gasteiger charge is -2.26. The zero-order valence-corrected chi connectivity index (χ0v) is 16.3. The standard InChI is InChI=1S/C21H26N4O3/c1-15-5-3-4-6-17(15)9-23-10-18-11-24(14-21(18,13-23)20(27)28)19(26)12-25-16(2)7-8-22-25/h3-8,18H,9-14H2,1-2H3,(H,27,28)/t18-,21-/m0/s1. The Morgan fingerprint density at radius 2 is 1.96 bits per heavy atom. The molecule has 0 unspecified atom stereocenters. The average molecular weight is 382 g/mol. The first-order valence-corrected chi connectivity index (χ1v) is 9.65. The second kappa shape index (κ2) is 7.05. The first-order valence-electron chi connectivity index (χ1n) is 9.65. The van der Waals surface area contributed by atoms with Crippen molar-refractivity contribution in [2.45, 2.75) is 26.9 Å². The number of fused-ring (bicyclic) bond motifs is 1. The van der Waals surface area contributed by atoms with Crippen LogP contribution in [0.2, 0.25) is 0 Å². The lowest BCUT2D eigenvalue weighted by Crippen LogP contribution is -2.42. The first kappa shape index (κ1) is 18.7. The van der Waals surface area contributed by atoms with Crippen molar-refractivity contribution in [2.75, 3.05) is 26.2 Å². The fourth-order valence-electron chi connectivity index (χ4n) is 4.60. The van der Waals surface area contributed by atoms with Crippen LogP contribution in [0.3, 0.4) is 0 Å². The Kier molecular flexibility index (Phi) is 4.71. The molecule has 0 aliphatic carbocycles. The van der Waals surface area contributed by atoms with Gasteiger partial charge in [-0.1, -0.05) is 24.3 Å². The van der Waals surface area contributed by atoms with Crippen LogP contribution in [0, 0.1) is 25.2 Å². The zero-order chi connectivity index (χ0) is 19.9. The molecule has 1 aromatic heterocycles. The maximum absolute atomic E-state index is 12.7. The van der Waals surface area contributed by atoms with Gasteiger partial charge in [0.25, 0.3) is 0 Å². The Morgan fingerprint density at radius 3 is 2.61 bits per heavy atom. The molecule has 7 heteroatoms. The van der Waals surface area contributed by atoms with Gasteiger partial charge >= 0.3 is 5.97 Å². The molecule has 7 nitrogen and oxygen atoms in total. The highest BCUT2D eigenvalue weighted by molar-refractivity contribution is 5.81. The summed E-state index contributed by atoms with van der Waals surface area (Å²) in [6.07, 6.45) is 1.67. The SMILES string of the molecule is Cc1ccccc1CN1C[C@H]2CN(C(=O)Cn3nccc3C)C[C@@]2(C(=O)O)C1. The number of carbonyl (C=O) groups excluding carboxylic acids is 1. The summed E-state index contributed by atoms with van der Waals surface area (Å²) in [4.78, 5) is 28.9. The fraction of sp³-hybridized carbons (Fsp3) is 0.476. The van der Waals surface area contributed by atoms with E-state index in [1.54, 1.807) is 15.8 Å². The lowest BCUT2D eigenvalue weighted by atomic mass is 9.81. The van der Waals surface area contributed by atoms with Crippen molar-refractivity contribution >= 4 is 11.9 Å². The van der Waals surface area contributed by atoms with Crippen LogP contribution in [0.5, 0.6) is 0 Å². The number of hydrogen-bond donors (Lipinski definition) is 1. The number of aliphatic carboxylic acids is 1. The minimum atomic E-state index is -0.877. The van der Waals surface area contributed by atoms with E-state index in [0.717, 1.165) is 12.2 Å². The van der Waals surface area contributed by atoms with Gasteiger partial charge in [-0.3, -0.25) is 19.2 Å². The minimum Gasteiger partial charge on any atom is -0.481 e. The zero-order valence-electron chi connectivity index (χ0n) is 16.3. The molecule has 2 saturated heterocycles. The van der Waals surface area contributed by atoms with E-state index < -0.39 is 11.4 Å². The number of carbonyl (C=O) groups is 2. The molecule has 0 radical (unpaired) electrons. The molecule has 2 atom stereocenters. The highest BCUT2D eigenvalue weighted by Crippen LogP contribution is 2.43. The van der Waals surface area contributed by atoms with Gasteiger partial charge in [-0.05, 0) is 31.0 Å². The van der Waals surface area contributed by atoms with Crippen LogP contribution in [0.25, 0.3) is 0 Å². The van der Waals surface area contributed by atoms with Gasteiger partial charge in [0, 0.05) is 50.5 Å². The minimum absolute atomic E-state index is 0.0447. The van der Waals surface area contributed by atoms with Crippen molar-refractivity contribution < 1.29 is 14.7 Å². The van der Waals surface area contributed by atoms with Gasteiger partial charge in [-0.2, -0.15) is 5.10 Å². The molecule has 2 aliphatic rings. The number of carboxylic acids is 1. The van der Waals surface area contributed by atoms with Crippen molar-refractivity contribution in [2.24, 2.45) is 11.3 Å². The molecular formula is C21H26N4O3. The number of rotatable bonds is 5. The van der Waals surface area contributed by atoms with E-state index >= 15 is 0 Å². The van der Waals surface area contributed by atoms with Crippen LogP contribution in [0.15, 0.2) is 36.5 Å². The molecule has 148 valence electrons. The Hall–Kier alpha value is -2.67. The fourth-order valence-corrected chi connectivity index (χ4v) is 4.60. The second-order valence-electron chi connectivity index (χ2n) is 8.16. The largest absolute Gasteiger partial charge is 0.481 e. The number of carboxylic acid groups (broad SMARTS) is 1. The van der Waals surface area contributed by atoms with Crippen LogP contribution in [-0.4, -0.2) is 62.7 Å². The summed E-state index contributed by atoms with van der Waals surface area (Å²) in [5, 5.41) is 14.2. The molecule has 2 fully saturated rings. The Balaban J connectivity index is 1.46. The van der Waals surface area contributed by atoms with E-state index in [9.17, 15) is 14.7 Å². The molecule has 1 N–H and O–H groups in total. The smallest absolute Gasteiger partial charge is 0.313 e. The molecule has 0 spiro atoms. The number of amides is 1. The van der Waals surface area contributed by atoms with Crippen LogP contribution in [-0.2, 0) is 22.7 Å². The number of benzene rings is 1. The molecule has 0 saturated carbocycles. The molecule has 1 aromatic carbocycles. The van der Waals surface area contributed by atoms with Crippen molar-refractivity contribution in [1.29, 1.82) is 0 Å². The predicted octanol–water partition coefficient (Wildman–Crippen LogP) is 1.55. The summed E-state index contributed by atoms with van der Waals surface area (Å²) in [5.41, 5.74) is 2.49. The Bertz CT molecular complexity index is 909. The maximum atomic E-state index is 12.7. The highest BCUT2D eigenvalue weighted by atomic mass is 16.4. The number of aryl methyl sites for hydroxylation is 2. The molecule has 2 aliphatic heterocycles. The summed E-state index contributed by atoms with van der Waals surface area (Å²) >= 11 is 0. The van der Waals surface area contributed by atoms with Gasteiger partial charge in [0.15, 0.2) is 0 Å². The summed E-state index contributed by atoms with van der Waals surface area (Å²) < 4.78 is 1.66. The monoisotopic (exact) mass is 382 g/mol. The summed E-state index contributed by atoms with van der Waals surface area (Å²) in [7, 11) is 0. The van der Waals surface area contributed by atoms with Gasteiger partial charge in [-0.15, -0.1) is 0 Å². The van der Waals surface area contributed by atoms with Crippen LogP contribution >= 0.6 is 0 Å². The summed E-state index contributed by atoms with van der Waals surface area (Å²) in [5.74, 6) is -0.903. The topological polar surface area (TPSA) is 78.7 Å². The molecule has 0 bridgehead atoms. The van der Waals surface area contributed by atoms with E-state index in [0.29, 0.717) is 19.6 Å². The van der Waals surface area contributed by atoms with Crippen molar-refractivity contribution in [1.82, 2.24) is 19.6 Å². The number of aromatic nitrogens is 2. The van der Waals surface area contributed by atoms with E-state index in [1.807, 2.05) is 25.1 Å². The van der Waals surface area contributed by atoms with E-state index in [2.05, 4.69) is 29.1 Å². The first-order chi connectivity index (χ1) is 13.4. The Labute approximate surface area is 164 Å². The van der Waals surface area contributed by atoms with Gasteiger partial charge in [0.2, 0.25) is 5.91 Å². The van der Waals surface area contributed by atoms with Gasteiger partial charge < -0.3 is 10.0 Å². The molecule has 1 amide bonds. The normalized spacial score (nSPS) is 24.5. The maximum Gasteiger partial charge on any atom is 0.313 e. The number of likely N-dealkylation sites (tertiary alicyclic amines) is 2. The molecule has 4 rings (SSSR count). The molecule has 2 aromatic rings. The second-order valence-corrected chi connectivity index (χ2v) is 8.16. The third kappa shape index (κ3) is 3.20. The Morgan fingerprint density at radius 1 is 1.18 bits per heavy atom. The highest BCUT2D eigenvalue weighted by Gasteiger charge is 2.58. The van der Waals surface area contributed by atoms with E-state index in [-0.39, 0.29) is 24.9 Å². The van der Waals surface area contributed by atoms with E-state index in [4.69, 9.17) is 0 Å². The van der Waals surface area contributed by atoms with Crippen molar-refractivity contribution in [3.63, 3.8) is 0 Å². The van der Waals surface area contributed by atoms with Crippen LogP contribution < -0.4 is 0 Å². The van der Waals surface area contributed by atoms with Gasteiger partial charge in [-0.25, -0.2) is 0 Å². The van der Waals surface area contributed by atoms with Crippen molar-refractivity contribution in [3.05, 3.63) is 53.3 Å². The van der Waals surface area contributed by atoms with Crippen LogP contribution in [0.4, 0.5) is 0 Å². The number of nitrogens with zero attached hydrogens (tertiary/aromatic N) is 4. The van der Waals surface area contributed by atoms with Gasteiger partial charge in [0.05, 0.1) is 0 Å². The quantitative estimate of drug-likeness (QED) is 0.849.